The zero-order valence-electron chi connectivity index (χ0n) is 18.7. The van der Waals surface area contributed by atoms with Crippen molar-refractivity contribution in [1.82, 2.24) is 4.90 Å². The van der Waals surface area contributed by atoms with Gasteiger partial charge in [-0.25, -0.2) is 4.79 Å². The molecule has 1 aliphatic rings. The monoisotopic (exact) mass is 475 g/mol. The van der Waals surface area contributed by atoms with E-state index in [-0.39, 0.29) is 30.4 Å². The van der Waals surface area contributed by atoms with Crippen LogP contribution in [0.2, 0.25) is 18.1 Å². The van der Waals surface area contributed by atoms with Gasteiger partial charge in [0, 0.05) is 13.0 Å². The molecule has 7 nitrogen and oxygen atoms in total. The molecule has 30 heavy (non-hydrogen) atoms. The van der Waals surface area contributed by atoms with Crippen LogP contribution in [0.15, 0.2) is 11.8 Å². The van der Waals surface area contributed by atoms with Crippen LogP contribution in [0.5, 0.6) is 0 Å². The number of alkyl halides is 3. The van der Waals surface area contributed by atoms with Crippen LogP contribution in [0.3, 0.4) is 0 Å². The highest BCUT2D eigenvalue weighted by atomic mass is 32.2. The topological polar surface area (TPSA) is 82.1 Å². The zero-order valence-corrected chi connectivity index (χ0v) is 20.5. The smallest absolute Gasteiger partial charge is 0.444 e. The standard InChI is InChI=1S/C18H32F3NO6SSi/c1-16(2,3)27-15(23)22-10-9-14(28-29(24,25)18(19,20)21)11-13(22)12-26-30(7,8)17(4,5)6/h11,13H,9-10,12H2,1-8H3/t13-/m0/s1. The van der Waals surface area contributed by atoms with Crippen molar-refractivity contribution < 1.29 is 39.7 Å². The van der Waals surface area contributed by atoms with Gasteiger partial charge in [0.2, 0.25) is 0 Å². The Bertz CT molecular complexity index is 766. The van der Waals surface area contributed by atoms with Crippen LogP contribution >= 0.6 is 0 Å². The summed E-state index contributed by atoms with van der Waals surface area (Å²) in [5, 5.41) is -0.138. The van der Waals surface area contributed by atoms with E-state index in [1.54, 1.807) is 20.8 Å². The predicted molar refractivity (Wildman–Crippen MR) is 109 cm³/mol. The molecule has 0 saturated carbocycles. The molecular weight excluding hydrogens is 443 g/mol. The molecule has 1 heterocycles. The van der Waals surface area contributed by atoms with Crippen molar-refractivity contribution >= 4 is 24.5 Å². The lowest BCUT2D eigenvalue weighted by atomic mass is 10.1. The summed E-state index contributed by atoms with van der Waals surface area (Å²) in [5.41, 5.74) is -6.31. The van der Waals surface area contributed by atoms with Crippen LogP contribution < -0.4 is 0 Å². The second-order valence-corrected chi connectivity index (χ2v) is 16.0. The molecule has 0 unspecified atom stereocenters. The summed E-state index contributed by atoms with van der Waals surface area (Å²) in [6.45, 7) is 15.0. The summed E-state index contributed by atoms with van der Waals surface area (Å²) >= 11 is 0. The lowest BCUT2D eigenvalue weighted by Gasteiger charge is -2.40. The Morgan fingerprint density at radius 1 is 1.17 bits per heavy atom. The minimum atomic E-state index is -5.79. The van der Waals surface area contributed by atoms with E-state index in [1.807, 2.05) is 33.9 Å². The number of rotatable bonds is 5. The van der Waals surface area contributed by atoms with E-state index in [1.165, 1.54) is 11.0 Å². The van der Waals surface area contributed by atoms with Crippen LogP contribution in [0, 0.1) is 0 Å². The number of carbonyl (C=O) groups is 1. The number of carbonyl (C=O) groups excluding carboxylic acids is 1. The second-order valence-electron chi connectivity index (χ2n) is 9.68. The third kappa shape index (κ3) is 7.15. The molecule has 0 bridgehead atoms. The molecule has 0 spiro atoms. The highest BCUT2D eigenvalue weighted by Gasteiger charge is 2.49. The summed E-state index contributed by atoms with van der Waals surface area (Å²) in [7, 11) is -8.03. The van der Waals surface area contributed by atoms with Crippen molar-refractivity contribution in [2.75, 3.05) is 13.2 Å². The normalized spacial score (nSPS) is 19.4. The molecule has 0 radical (unpaired) electrons. The van der Waals surface area contributed by atoms with Gasteiger partial charge in [-0.15, -0.1) is 0 Å². The second kappa shape index (κ2) is 8.70. The van der Waals surface area contributed by atoms with E-state index in [0.717, 1.165) is 0 Å². The van der Waals surface area contributed by atoms with Crippen molar-refractivity contribution in [1.29, 1.82) is 0 Å². The van der Waals surface area contributed by atoms with E-state index in [2.05, 4.69) is 4.18 Å². The first-order chi connectivity index (χ1) is 13.2. The average Bonchev–Trinajstić information content (AvgIpc) is 2.48. The number of ether oxygens (including phenoxy) is 1. The third-order valence-corrected chi connectivity index (χ3v) is 10.4. The minimum absolute atomic E-state index is 0.0192. The molecule has 1 amide bonds. The minimum Gasteiger partial charge on any atom is -0.444 e. The predicted octanol–water partition coefficient (Wildman–Crippen LogP) is 4.77. The van der Waals surface area contributed by atoms with Gasteiger partial charge in [0.15, 0.2) is 8.32 Å². The Kier molecular flexibility index (Phi) is 7.76. The van der Waals surface area contributed by atoms with Gasteiger partial charge in [0.05, 0.1) is 12.6 Å². The van der Waals surface area contributed by atoms with Crippen LogP contribution in [-0.2, 0) is 23.5 Å². The Hall–Kier alpha value is -1.27. The molecule has 0 aromatic carbocycles. The number of hydrogen-bond acceptors (Lipinski definition) is 6. The molecule has 0 fully saturated rings. The fraction of sp³-hybridized carbons (Fsp3) is 0.833. The first kappa shape index (κ1) is 26.8. The molecule has 1 aliphatic heterocycles. The molecule has 0 aromatic rings. The number of amides is 1. The van der Waals surface area contributed by atoms with Crippen molar-refractivity contribution in [2.24, 2.45) is 0 Å². The van der Waals surface area contributed by atoms with Crippen molar-refractivity contribution in [2.45, 2.75) is 83.2 Å². The molecule has 1 atom stereocenters. The van der Waals surface area contributed by atoms with E-state index >= 15 is 0 Å². The number of nitrogens with zero attached hydrogens (tertiary/aromatic N) is 1. The van der Waals surface area contributed by atoms with E-state index in [0.29, 0.717) is 0 Å². The van der Waals surface area contributed by atoms with Crippen LogP contribution in [0.25, 0.3) is 0 Å². The summed E-state index contributed by atoms with van der Waals surface area (Å²) in [6, 6.07) is -0.832. The van der Waals surface area contributed by atoms with E-state index < -0.39 is 41.7 Å². The molecule has 0 aliphatic carbocycles. The zero-order chi connectivity index (χ0) is 23.8. The highest BCUT2D eigenvalue weighted by Crippen LogP contribution is 2.37. The first-order valence-corrected chi connectivity index (χ1v) is 13.8. The quantitative estimate of drug-likeness (QED) is 0.324. The Morgan fingerprint density at radius 2 is 1.70 bits per heavy atom. The van der Waals surface area contributed by atoms with Gasteiger partial charge in [0.1, 0.15) is 11.4 Å². The Balaban J connectivity index is 3.15. The molecular formula is C18H32F3NO6SSi. The fourth-order valence-electron chi connectivity index (χ4n) is 2.24. The molecule has 0 N–H and O–H groups in total. The molecule has 176 valence electrons. The van der Waals surface area contributed by atoms with Crippen molar-refractivity contribution in [3.8, 4) is 0 Å². The maximum atomic E-state index is 12.7. The van der Waals surface area contributed by atoms with Crippen LogP contribution in [0.1, 0.15) is 48.0 Å². The van der Waals surface area contributed by atoms with E-state index in [4.69, 9.17) is 9.16 Å². The maximum Gasteiger partial charge on any atom is 0.534 e. The van der Waals surface area contributed by atoms with Gasteiger partial charge >= 0.3 is 21.7 Å². The first-order valence-electron chi connectivity index (χ1n) is 9.51. The number of hydrogen-bond donors (Lipinski definition) is 0. The van der Waals surface area contributed by atoms with Crippen molar-refractivity contribution in [3.63, 3.8) is 0 Å². The van der Waals surface area contributed by atoms with Crippen LogP contribution in [0.4, 0.5) is 18.0 Å². The maximum absolute atomic E-state index is 12.7. The van der Waals surface area contributed by atoms with Gasteiger partial charge in [-0.3, -0.25) is 4.90 Å². The average molecular weight is 476 g/mol. The van der Waals surface area contributed by atoms with Crippen molar-refractivity contribution in [3.05, 3.63) is 11.8 Å². The highest BCUT2D eigenvalue weighted by molar-refractivity contribution is 7.87. The summed E-state index contributed by atoms with van der Waals surface area (Å²) in [4.78, 5) is 13.9. The molecule has 0 aromatic heterocycles. The Labute approximate surface area is 177 Å². The third-order valence-electron chi connectivity index (χ3n) is 4.93. The van der Waals surface area contributed by atoms with Gasteiger partial charge in [-0.05, 0) is 45.0 Å². The molecule has 0 saturated heterocycles. The van der Waals surface area contributed by atoms with Gasteiger partial charge in [-0.1, -0.05) is 20.8 Å². The fourth-order valence-corrected chi connectivity index (χ4v) is 3.77. The van der Waals surface area contributed by atoms with Crippen LogP contribution in [-0.4, -0.2) is 58.0 Å². The number of halogens is 3. The molecule has 1 rings (SSSR count). The van der Waals surface area contributed by atoms with E-state index in [9.17, 15) is 26.4 Å². The largest absolute Gasteiger partial charge is 0.534 e. The lowest BCUT2D eigenvalue weighted by Crippen LogP contribution is -2.50. The van der Waals surface area contributed by atoms with Gasteiger partial charge < -0.3 is 13.3 Å². The van der Waals surface area contributed by atoms with Gasteiger partial charge in [0.25, 0.3) is 0 Å². The summed E-state index contributed by atoms with van der Waals surface area (Å²) in [5.74, 6) is -0.379. The SMILES string of the molecule is CC(C)(C)OC(=O)N1CCC(OS(=O)(=O)C(F)(F)F)=C[C@H]1CO[Si](C)(C)C(C)(C)C. The van der Waals surface area contributed by atoms with Gasteiger partial charge in [-0.2, -0.15) is 21.6 Å². The molecule has 12 heteroatoms. The summed E-state index contributed by atoms with van der Waals surface area (Å²) in [6.07, 6.45) is 0.315. The summed E-state index contributed by atoms with van der Waals surface area (Å²) < 4.78 is 76.5. The lowest BCUT2D eigenvalue weighted by molar-refractivity contribution is -0.0527. The Morgan fingerprint density at radius 3 is 2.13 bits per heavy atom.